The summed E-state index contributed by atoms with van der Waals surface area (Å²) in [7, 11) is 1.55. The average Bonchev–Trinajstić information content (AvgIpc) is 2.85. The van der Waals surface area contributed by atoms with Gasteiger partial charge in [-0.25, -0.2) is 4.79 Å². The zero-order chi connectivity index (χ0) is 13.3. The number of aromatic carboxylic acids is 1. The number of hydrogen-bond acceptors (Lipinski definition) is 5. The third kappa shape index (κ3) is 2.14. The Morgan fingerprint density at radius 3 is 2.83 bits per heavy atom. The molecular formula is C9H10N6O3. The van der Waals surface area contributed by atoms with Gasteiger partial charge in [-0.3, -0.25) is 14.6 Å². The SMILES string of the molecule is Cn1cc(NC(=O)c2cc(N)n[nH]2)c(C(=O)O)n1. The number of rotatable bonds is 3. The monoisotopic (exact) mass is 250 g/mol. The van der Waals surface area contributed by atoms with Crippen LogP contribution in [-0.2, 0) is 7.05 Å². The number of carboxylic acid groups (broad SMARTS) is 1. The molecule has 0 fully saturated rings. The molecule has 0 aliphatic heterocycles. The Bertz CT molecular complexity index is 614. The van der Waals surface area contributed by atoms with Crippen LogP contribution >= 0.6 is 0 Å². The number of nitrogens with one attached hydrogen (secondary N) is 2. The van der Waals surface area contributed by atoms with E-state index in [1.165, 1.54) is 16.9 Å². The van der Waals surface area contributed by atoms with Gasteiger partial charge in [-0.1, -0.05) is 0 Å². The van der Waals surface area contributed by atoms with Crippen LogP contribution in [0.3, 0.4) is 0 Å². The molecular weight excluding hydrogens is 240 g/mol. The van der Waals surface area contributed by atoms with E-state index in [1.54, 1.807) is 7.05 Å². The molecule has 0 unspecified atom stereocenters. The number of nitrogens with two attached hydrogens (primary N) is 1. The van der Waals surface area contributed by atoms with E-state index >= 15 is 0 Å². The lowest BCUT2D eigenvalue weighted by molar-refractivity contribution is 0.0690. The average molecular weight is 250 g/mol. The Labute approximate surface area is 101 Å². The summed E-state index contributed by atoms with van der Waals surface area (Å²) in [5.74, 6) is -1.60. The molecule has 94 valence electrons. The van der Waals surface area contributed by atoms with Gasteiger partial charge in [0.25, 0.3) is 5.91 Å². The Kier molecular flexibility index (Phi) is 2.72. The quantitative estimate of drug-likeness (QED) is 0.588. The fourth-order valence-corrected chi connectivity index (χ4v) is 1.38. The van der Waals surface area contributed by atoms with E-state index in [4.69, 9.17) is 10.8 Å². The van der Waals surface area contributed by atoms with Crippen molar-refractivity contribution in [3.63, 3.8) is 0 Å². The summed E-state index contributed by atoms with van der Waals surface area (Å²) in [6.07, 6.45) is 1.39. The number of nitrogens with zero attached hydrogens (tertiary/aromatic N) is 3. The minimum Gasteiger partial charge on any atom is -0.476 e. The maximum Gasteiger partial charge on any atom is 0.358 e. The van der Waals surface area contributed by atoms with Crippen molar-refractivity contribution in [1.82, 2.24) is 20.0 Å². The first kappa shape index (κ1) is 11.6. The number of anilines is 2. The highest BCUT2D eigenvalue weighted by atomic mass is 16.4. The minimum absolute atomic E-state index is 0.100. The molecule has 5 N–H and O–H groups in total. The van der Waals surface area contributed by atoms with Crippen molar-refractivity contribution < 1.29 is 14.7 Å². The lowest BCUT2D eigenvalue weighted by Gasteiger charge is -2.00. The van der Waals surface area contributed by atoms with Gasteiger partial charge >= 0.3 is 5.97 Å². The van der Waals surface area contributed by atoms with E-state index in [0.29, 0.717) is 0 Å². The smallest absolute Gasteiger partial charge is 0.358 e. The number of aryl methyl sites for hydroxylation is 1. The molecule has 2 rings (SSSR count). The lowest BCUT2D eigenvalue weighted by atomic mass is 10.3. The molecule has 0 radical (unpaired) electrons. The van der Waals surface area contributed by atoms with Crippen molar-refractivity contribution in [2.75, 3.05) is 11.1 Å². The summed E-state index contributed by atoms with van der Waals surface area (Å²) < 4.78 is 1.29. The number of hydrogen-bond donors (Lipinski definition) is 4. The van der Waals surface area contributed by atoms with E-state index in [9.17, 15) is 9.59 Å². The molecule has 9 nitrogen and oxygen atoms in total. The van der Waals surface area contributed by atoms with Crippen molar-refractivity contribution in [1.29, 1.82) is 0 Å². The first-order valence-electron chi connectivity index (χ1n) is 4.86. The summed E-state index contributed by atoms with van der Waals surface area (Å²) in [5, 5.41) is 21.0. The number of nitrogen functional groups attached to an aromatic ring is 1. The van der Waals surface area contributed by atoms with Gasteiger partial charge in [-0.15, -0.1) is 0 Å². The lowest BCUT2D eigenvalue weighted by Crippen LogP contribution is -2.14. The number of amides is 1. The summed E-state index contributed by atoms with van der Waals surface area (Å²) in [5.41, 5.74) is 5.35. The number of carboxylic acids is 1. The fourth-order valence-electron chi connectivity index (χ4n) is 1.38. The van der Waals surface area contributed by atoms with Crippen molar-refractivity contribution in [3.05, 3.63) is 23.7 Å². The molecule has 0 spiro atoms. The maximum atomic E-state index is 11.7. The molecule has 2 aromatic rings. The number of carbonyl (C=O) groups excluding carboxylic acids is 1. The van der Waals surface area contributed by atoms with Crippen LogP contribution in [0.5, 0.6) is 0 Å². The van der Waals surface area contributed by atoms with Crippen LogP contribution < -0.4 is 11.1 Å². The van der Waals surface area contributed by atoms with Crippen LogP contribution in [0.15, 0.2) is 12.3 Å². The second kappa shape index (κ2) is 4.20. The zero-order valence-corrected chi connectivity index (χ0v) is 9.34. The zero-order valence-electron chi connectivity index (χ0n) is 9.34. The van der Waals surface area contributed by atoms with Crippen molar-refractivity contribution in [2.45, 2.75) is 0 Å². The second-order valence-corrected chi connectivity index (χ2v) is 3.53. The number of aromatic nitrogens is 4. The van der Waals surface area contributed by atoms with Crippen molar-refractivity contribution in [3.8, 4) is 0 Å². The Morgan fingerprint density at radius 1 is 1.56 bits per heavy atom. The summed E-state index contributed by atoms with van der Waals surface area (Å²) in [6.45, 7) is 0. The largest absolute Gasteiger partial charge is 0.476 e. The summed E-state index contributed by atoms with van der Waals surface area (Å²) in [6, 6.07) is 1.34. The van der Waals surface area contributed by atoms with Gasteiger partial charge in [0.2, 0.25) is 0 Å². The van der Waals surface area contributed by atoms with Crippen LogP contribution in [0.25, 0.3) is 0 Å². The maximum absolute atomic E-state index is 11.7. The van der Waals surface area contributed by atoms with Crippen LogP contribution in [0, 0.1) is 0 Å². The number of carbonyl (C=O) groups is 2. The van der Waals surface area contributed by atoms with Crippen LogP contribution in [0.1, 0.15) is 21.0 Å². The molecule has 0 atom stereocenters. The van der Waals surface area contributed by atoms with E-state index < -0.39 is 11.9 Å². The van der Waals surface area contributed by atoms with E-state index in [-0.39, 0.29) is 22.9 Å². The van der Waals surface area contributed by atoms with E-state index in [1.807, 2.05) is 0 Å². The molecule has 18 heavy (non-hydrogen) atoms. The minimum atomic E-state index is -1.23. The first-order chi connectivity index (χ1) is 8.47. The number of H-pyrrole nitrogens is 1. The van der Waals surface area contributed by atoms with Crippen LogP contribution in [0.4, 0.5) is 11.5 Å². The highest BCUT2D eigenvalue weighted by Gasteiger charge is 2.18. The molecule has 9 heteroatoms. The fraction of sp³-hybridized carbons (Fsp3) is 0.111. The predicted molar refractivity (Wildman–Crippen MR) is 61.1 cm³/mol. The first-order valence-corrected chi connectivity index (χ1v) is 4.86. The molecule has 0 aromatic carbocycles. The van der Waals surface area contributed by atoms with Crippen molar-refractivity contribution >= 4 is 23.4 Å². The van der Waals surface area contributed by atoms with Gasteiger partial charge in [0, 0.05) is 19.3 Å². The second-order valence-electron chi connectivity index (χ2n) is 3.53. The van der Waals surface area contributed by atoms with Crippen LogP contribution in [-0.4, -0.2) is 37.0 Å². The topological polar surface area (TPSA) is 139 Å². The third-order valence-corrected chi connectivity index (χ3v) is 2.12. The summed E-state index contributed by atoms with van der Waals surface area (Å²) in [4.78, 5) is 22.6. The van der Waals surface area contributed by atoms with Crippen LogP contribution in [0.2, 0.25) is 0 Å². The molecule has 1 amide bonds. The molecule has 0 aliphatic rings. The number of aromatic amines is 1. The molecule has 0 saturated carbocycles. The van der Waals surface area contributed by atoms with E-state index in [2.05, 4.69) is 20.6 Å². The molecule has 0 bridgehead atoms. The highest BCUT2D eigenvalue weighted by Crippen LogP contribution is 2.14. The van der Waals surface area contributed by atoms with Gasteiger partial charge in [0.15, 0.2) is 5.69 Å². The van der Waals surface area contributed by atoms with Gasteiger partial charge in [-0.2, -0.15) is 10.2 Å². The third-order valence-electron chi connectivity index (χ3n) is 2.12. The molecule has 0 aliphatic carbocycles. The Hall–Kier alpha value is -2.84. The van der Waals surface area contributed by atoms with E-state index in [0.717, 1.165) is 0 Å². The highest BCUT2D eigenvalue weighted by molar-refractivity contribution is 6.06. The Balaban J connectivity index is 2.24. The predicted octanol–water partition coefficient (Wildman–Crippen LogP) is -0.324. The van der Waals surface area contributed by atoms with Gasteiger partial charge in [0.1, 0.15) is 11.5 Å². The summed E-state index contributed by atoms with van der Waals surface area (Å²) >= 11 is 0. The van der Waals surface area contributed by atoms with Crippen molar-refractivity contribution in [2.24, 2.45) is 7.05 Å². The molecule has 2 heterocycles. The standard InChI is InChI=1S/C9H10N6O3/c1-15-3-5(7(14-15)9(17)18)11-8(16)4-2-6(10)13-12-4/h2-3H,1H3,(H,11,16)(H,17,18)(H3,10,12,13). The van der Waals surface area contributed by atoms with Gasteiger partial charge in [-0.05, 0) is 0 Å². The normalized spacial score (nSPS) is 10.3. The van der Waals surface area contributed by atoms with Gasteiger partial charge < -0.3 is 16.2 Å². The Morgan fingerprint density at radius 2 is 2.28 bits per heavy atom. The molecule has 2 aromatic heterocycles. The van der Waals surface area contributed by atoms with Gasteiger partial charge in [0.05, 0.1) is 5.69 Å². The molecule has 0 saturated heterocycles.